The molecule has 136 valence electrons. The number of aryl methyl sites for hydroxylation is 1. The lowest BCUT2D eigenvalue weighted by Crippen LogP contribution is -2.21. The number of nitrogens with zero attached hydrogens (tertiary/aromatic N) is 1. The van der Waals surface area contributed by atoms with Gasteiger partial charge in [0.2, 0.25) is 0 Å². The van der Waals surface area contributed by atoms with E-state index in [4.69, 9.17) is 9.47 Å². The molecule has 3 rings (SSSR count). The van der Waals surface area contributed by atoms with Crippen molar-refractivity contribution in [3.63, 3.8) is 0 Å². The van der Waals surface area contributed by atoms with E-state index in [1.807, 2.05) is 60.7 Å². The van der Waals surface area contributed by atoms with Gasteiger partial charge < -0.3 is 9.47 Å². The Kier molecular flexibility index (Phi) is 5.89. The molecule has 2 aromatic rings. The van der Waals surface area contributed by atoms with E-state index in [1.165, 1.54) is 10.5 Å². The number of esters is 1. The second kappa shape index (κ2) is 8.52. The molecular weight excluding hydrogens is 330 g/mol. The first-order chi connectivity index (χ1) is 12.7. The molecule has 0 bridgehead atoms. The molecule has 0 N–H and O–H groups in total. The standard InChI is InChI=1S/C21H23NO4/c1-2-25-20(23)19-18(14-13-16-9-5-3-6-10-16)22(19)21(24)26-15-17-11-7-4-8-12-17/h3-12,18-19H,2,13-15H2,1H3/t18-,19-,22?/m1/s1. The van der Waals surface area contributed by atoms with Crippen LogP contribution in [0.3, 0.4) is 0 Å². The molecule has 5 heteroatoms. The maximum atomic E-state index is 12.4. The lowest BCUT2D eigenvalue weighted by atomic mass is 10.1. The van der Waals surface area contributed by atoms with Crippen LogP contribution in [0.5, 0.6) is 0 Å². The maximum Gasteiger partial charge on any atom is 0.411 e. The van der Waals surface area contributed by atoms with Crippen LogP contribution in [0.25, 0.3) is 0 Å². The number of hydrogen-bond acceptors (Lipinski definition) is 4. The number of rotatable bonds is 7. The fourth-order valence-corrected chi connectivity index (χ4v) is 3.08. The Labute approximate surface area is 153 Å². The Morgan fingerprint density at radius 1 is 0.923 bits per heavy atom. The monoisotopic (exact) mass is 353 g/mol. The van der Waals surface area contributed by atoms with Gasteiger partial charge in [-0.1, -0.05) is 60.7 Å². The topological polar surface area (TPSA) is 55.6 Å². The van der Waals surface area contributed by atoms with Crippen LogP contribution in [-0.4, -0.2) is 35.7 Å². The van der Waals surface area contributed by atoms with Crippen LogP contribution in [0.2, 0.25) is 0 Å². The van der Waals surface area contributed by atoms with Crippen molar-refractivity contribution in [2.24, 2.45) is 0 Å². The van der Waals surface area contributed by atoms with E-state index in [2.05, 4.69) is 0 Å². The summed E-state index contributed by atoms with van der Waals surface area (Å²) in [6.45, 7) is 2.25. The minimum atomic E-state index is -0.540. The zero-order chi connectivity index (χ0) is 18.4. The number of ether oxygens (including phenoxy) is 2. The molecule has 0 aliphatic carbocycles. The first-order valence-electron chi connectivity index (χ1n) is 8.90. The lowest BCUT2D eigenvalue weighted by Gasteiger charge is -2.07. The molecule has 1 fully saturated rings. The highest BCUT2D eigenvalue weighted by atomic mass is 16.6. The van der Waals surface area contributed by atoms with Gasteiger partial charge in [-0.3, -0.25) is 4.90 Å². The van der Waals surface area contributed by atoms with E-state index >= 15 is 0 Å². The number of hydrogen-bond donors (Lipinski definition) is 0. The molecule has 2 atom stereocenters. The Balaban J connectivity index is 1.58. The van der Waals surface area contributed by atoms with Gasteiger partial charge in [0.25, 0.3) is 0 Å². The van der Waals surface area contributed by atoms with Crippen LogP contribution >= 0.6 is 0 Å². The van der Waals surface area contributed by atoms with Gasteiger partial charge in [-0.05, 0) is 30.9 Å². The van der Waals surface area contributed by atoms with Crippen molar-refractivity contribution in [3.05, 3.63) is 71.8 Å². The predicted molar refractivity (Wildman–Crippen MR) is 97.4 cm³/mol. The number of benzene rings is 2. The second-order valence-corrected chi connectivity index (χ2v) is 6.24. The van der Waals surface area contributed by atoms with Crippen LogP contribution in [0.4, 0.5) is 4.79 Å². The van der Waals surface area contributed by atoms with Gasteiger partial charge in [-0.25, -0.2) is 9.59 Å². The zero-order valence-electron chi connectivity index (χ0n) is 14.8. The summed E-state index contributed by atoms with van der Waals surface area (Å²) in [6.07, 6.45) is 1.03. The van der Waals surface area contributed by atoms with E-state index in [1.54, 1.807) is 6.92 Å². The minimum Gasteiger partial charge on any atom is -0.464 e. The second-order valence-electron chi connectivity index (χ2n) is 6.24. The molecule has 1 saturated heterocycles. The van der Waals surface area contributed by atoms with Crippen LogP contribution in [0.15, 0.2) is 60.7 Å². The van der Waals surface area contributed by atoms with Gasteiger partial charge in [0, 0.05) is 0 Å². The van der Waals surface area contributed by atoms with Crippen LogP contribution < -0.4 is 0 Å². The van der Waals surface area contributed by atoms with Crippen molar-refractivity contribution in [1.29, 1.82) is 0 Å². The molecule has 0 saturated carbocycles. The Morgan fingerprint density at radius 2 is 1.54 bits per heavy atom. The third kappa shape index (κ3) is 4.42. The summed E-state index contributed by atoms with van der Waals surface area (Å²) in [4.78, 5) is 26.0. The molecule has 0 spiro atoms. The summed E-state index contributed by atoms with van der Waals surface area (Å²) in [5, 5.41) is 0. The van der Waals surface area contributed by atoms with E-state index in [-0.39, 0.29) is 18.6 Å². The summed E-state index contributed by atoms with van der Waals surface area (Å²) in [6, 6.07) is 18.8. The quantitative estimate of drug-likeness (QED) is 0.564. The van der Waals surface area contributed by atoms with E-state index < -0.39 is 12.1 Å². The summed E-state index contributed by atoms with van der Waals surface area (Å²) in [5.41, 5.74) is 2.09. The molecule has 5 nitrogen and oxygen atoms in total. The van der Waals surface area contributed by atoms with Crippen molar-refractivity contribution >= 4 is 12.1 Å². The number of carbonyl (C=O) groups excluding carboxylic acids is 2. The van der Waals surface area contributed by atoms with Crippen molar-refractivity contribution < 1.29 is 19.1 Å². The van der Waals surface area contributed by atoms with Crippen molar-refractivity contribution in [2.75, 3.05) is 6.61 Å². The molecule has 1 amide bonds. The van der Waals surface area contributed by atoms with Gasteiger partial charge in [0.05, 0.1) is 12.6 Å². The fourth-order valence-electron chi connectivity index (χ4n) is 3.08. The third-order valence-corrected chi connectivity index (χ3v) is 4.45. The van der Waals surface area contributed by atoms with Crippen molar-refractivity contribution in [2.45, 2.75) is 38.5 Å². The molecule has 2 aromatic carbocycles. The fraction of sp³-hybridized carbons (Fsp3) is 0.333. The summed E-state index contributed by atoms with van der Waals surface area (Å²) >= 11 is 0. The maximum absolute atomic E-state index is 12.4. The minimum absolute atomic E-state index is 0.169. The van der Waals surface area contributed by atoms with E-state index in [0.29, 0.717) is 13.0 Å². The number of amides is 1. The third-order valence-electron chi connectivity index (χ3n) is 4.45. The highest BCUT2D eigenvalue weighted by molar-refractivity contribution is 5.88. The van der Waals surface area contributed by atoms with Gasteiger partial charge in [0.1, 0.15) is 6.61 Å². The molecule has 0 radical (unpaired) electrons. The Morgan fingerprint density at radius 3 is 2.15 bits per heavy atom. The molecule has 0 aromatic heterocycles. The van der Waals surface area contributed by atoms with Crippen molar-refractivity contribution in [1.82, 2.24) is 4.90 Å². The van der Waals surface area contributed by atoms with E-state index in [0.717, 1.165) is 12.0 Å². The summed E-state index contributed by atoms with van der Waals surface area (Å²) in [7, 11) is 0. The van der Waals surface area contributed by atoms with Crippen molar-refractivity contribution in [3.8, 4) is 0 Å². The molecular formula is C21H23NO4. The van der Waals surface area contributed by atoms with Crippen LogP contribution in [-0.2, 0) is 27.3 Å². The van der Waals surface area contributed by atoms with Gasteiger partial charge in [-0.2, -0.15) is 0 Å². The number of carbonyl (C=O) groups is 2. The average molecular weight is 353 g/mol. The SMILES string of the molecule is CCOC(=O)[C@H]1[C@@H](CCc2ccccc2)N1C(=O)OCc1ccccc1. The summed E-state index contributed by atoms with van der Waals surface area (Å²) < 4.78 is 10.5. The van der Waals surface area contributed by atoms with E-state index in [9.17, 15) is 9.59 Å². The zero-order valence-corrected chi connectivity index (χ0v) is 14.8. The first kappa shape index (κ1) is 18.0. The lowest BCUT2D eigenvalue weighted by molar-refractivity contribution is -0.143. The largest absolute Gasteiger partial charge is 0.464 e. The normalized spacial score (nSPS) is 18.3. The highest BCUT2D eigenvalue weighted by Crippen LogP contribution is 2.34. The molecule has 26 heavy (non-hydrogen) atoms. The molecule has 1 heterocycles. The van der Waals surface area contributed by atoms with Crippen LogP contribution in [0, 0.1) is 0 Å². The van der Waals surface area contributed by atoms with Gasteiger partial charge in [-0.15, -0.1) is 0 Å². The molecule has 0 unspecified atom stereocenters. The van der Waals surface area contributed by atoms with Crippen LogP contribution in [0.1, 0.15) is 24.5 Å². The Hall–Kier alpha value is -2.82. The predicted octanol–water partition coefficient (Wildman–Crippen LogP) is 3.57. The van der Waals surface area contributed by atoms with Gasteiger partial charge >= 0.3 is 12.1 Å². The Bertz CT molecular complexity index is 732. The highest BCUT2D eigenvalue weighted by Gasteiger charge is 2.57. The smallest absolute Gasteiger partial charge is 0.411 e. The van der Waals surface area contributed by atoms with Gasteiger partial charge in [0.15, 0.2) is 6.04 Å². The molecule has 1 aliphatic rings. The first-order valence-corrected chi connectivity index (χ1v) is 8.90. The molecule has 1 aliphatic heterocycles. The summed E-state index contributed by atoms with van der Waals surface area (Å²) in [5.74, 6) is -0.359. The average Bonchev–Trinajstić information content (AvgIpc) is 3.41.